The van der Waals surface area contributed by atoms with E-state index in [-0.39, 0.29) is 5.91 Å². The first-order valence-corrected chi connectivity index (χ1v) is 6.12. The molecule has 1 N–H and O–H groups in total. The van der Waals surface area contributed by atoms with Gasteiger partial charge in [0, 0.05) is 10.4 Å². The summed E-state index contributed by atoms with van der Waals surface area (Å²) in [5, 5.41) is 2.70. The van der Waals surface area contributed by atoms with E-state index in [0.29, 0.717) is 16.4 Å². The van der Waals surface area contributed by atoms with E-state index >= 15 is 0 Å². The third kappa shape index (κ3) is 3.28. The Hall–Kier alpha value is -1.39. The summed E-state index contributed by atoms with van der Waals surface area (Å²) < 4.78 is 13.6. The quantitative estimate of drug-likeness (QED) is 0.908. The van der Waals surface area contributed by atoms with Gasteiger partial charge in [-0.25, -0.2) is 4.39 Å². The summed E-state index contributed by atoms with van der Waals surface area (Å²) in [6.07, 6.45) is 0. The van der Waals surface area contributed by atoms with Gasteiger partial charge in [-0.15, -0.1) is 11.3 Å². The molecule has 0 aliphatic heterocycles. The molecule has 5 heteroatoms. The predicted octanol–water partition coefficient (Wildman–Crippen LogP) is 3.47. The molecule has 0 radical (unpaired) electrons. The van der Waals surface area contributed by atoms with Crippen LogP contribution in [0.15, 0.2) is 36.4 Å². The van der Waals surface area contributed by atoms with Gasteiger partial charge in [-0.1, -0.05) is 17.7 Å². The van der Waals surface area contributed by atoms with Crippen LogP contribution in [0.3, 0.4) is 0 Å². The van der Waals surface area contributed by atoms with Crippen molar-refractivity contribution in [2.24, 2.45) is 0 Å². The fourth-order valence-corrected chi connectivity index (χ4v) is 2.37. The molecule has 0 bridgehead atoms. The summed E-state index contributed by atoms with van der Waals surface area (Å²) in [7, 11) is 0. The summed E-state index contributed by atoms with van der Waals surface area (Å²) in [5.74, 6) is -0.717. The molecular weight excluding hydrogens is 261 g/mol. The molecule has 2 rings (SSSR count). The van der Waals surface area contributed by atoms with E-state index in [1.807, 2.05) is 6.07 Å². The van der Waals surface area contributed by atoms with Crippen molar-refractivity contribution in [1.82, 2.24) is 5.32 Å². The van der Waals surface area contributed by atoms with Crippen LogP contribution in [0, 0.1) is 5.82 Å². The van der Waals surface area contributed by atoms with E-state index in [2.05, 4.69) is 5.32 Å². The lowest BCUT2D eigenvalue weighted by Gasteiger charge is -2.03. The maximum Gasteiger partial charge on any atom is 0.251 e. The summed E-state index contributed by atoms with van der Waals surface area (Å²) in [6, 6.07) is 9.20. The standard InChI is InChI=1S/C12H9ClFNOS/c13-11-5-4-10(17-11)7-15-12(16)8-2-1-3-9(14)6-8/h1-6H,7H2,(H,15,16). The molecule has 0 fully saturated rings. The van der Waals surface area contributed by atoms with Crippen molar-refractivity contribution in [2.75, 3.05) is 0 Å². The molecule has 0 saturated heterocycles. The topological polar surface area (TPSA) is 29.1 Å². The molecule has 0 aliphatic carbocycles. The van der Waals surface area contributed by atoms with Crippen LogP contribution in [0.1, 0.15) is 15.2 Å². The number of halogens is 2. The molecule has 0 saturated carbocycles. The SMILES string of the molecule is O=C(NCc1ccc(Cl)s1)c1cccc(F)c1. The Labute approximate surface area is 107 Å². The minimum atomic E-state index is -0.420. The molecule has 1 aromatic heterocycles. The largest absolute Gasteiger partial charge is 0.347 e. The van der Waals surface area contributed by atoms with Gasteiger partial charge < -0.3 is 5.32 Å². The molecule has 0 spiro atoms. The third-order valence-corrected chi connectivity index (χ3v) is 3.37. The second-order valence-electron chi connectivity index (χ2n) is 3.40. The van der Waals surface area contributed by atoms with Crippen molar-refractivity contribution in [1.29, 1.82) is 0 Å². The molecule has 1 amide bonds. The van der Waals surface area contributed by atoms with Gasteiger partial charge in [0.05, 0.1) is 10.9 Å². The molecule has 17 heavy (non-hydrogen) atoms. The molecule has 2 nitrogen and oxygen atoms in total. The lowest BCUT2D eigenvalue weighted by Crippen LogP contribution is -2.22. The highest BCUT2D eigenvalue weighted by molar-refractivity contribution is 7.16. The van der Waals surface area contributed by atoms with Crippen molar-refractivity contribution in [3.8, 4) is 0 Å². The summed E-state index contributed by atoms with van der Waals surface area (Å²) >= 11 is 7.17. The van der Waals surface area contributed by atoms with E-state index in [4.69, 9.17) is 11.6 Å². The number of carbonyl (C=O) groups excluding carboxylic acids is 1. The van der Waals surface area contributed by atoms with E-state index in [1.165, 1.54) is 29.5 Å². The average Bonchev–Trinajstić information content (AvgIpc) is 2.72. The van der Waals surface area contributed by atoms with Gasteiger partial charge in [0.25, 0.3) is 5.91 Å². The monoisotopic (exact) mass is 269 g/mol. The first-order chi connectivity index (χ1) is 8.15. The maximum atomic E-state index is 12.9. The van der Waals surface area contributed by atoms with Gasteiger partial charge in [0.1, 0.15) is 5.82 Å². The van der Waals surface area contributed by atoms with Crippen LogP contribution in [0.25, 0.3) is 0 Å². The zero-order valence-electron chi connectivity index (χ0n) is 8.74. The van der Waals surface area contributed by atoms with Crippen LogP contribution in [-0.4, -0.2) is 5.91 Å². The summed E-state index contributed by atoms with van der Waals surface area (Å²) in [5.41, 5.74) is 0.313. The predicted molar refractivity (Wildman–Crippen MR) is 66.9 cm³/mol. The second kappa shape index (κ2) is 5.29. The molecule has 0 aliphatic rings. The van der Waals surface area contributed by atoms with Crippen molar-refractivity contribution in [3.63, 3.8) is 0 Å². The lowest BCUT2D eigenvalue weighted by atomic mass is 10.2. The molecule has 0 unspecified atom stereocenters. The Kier molecular flexibility index (Phi) is 3.76. The number of rotatable bonds is 3. The van der Waals surface area contributed by atoms with E-state index < -0.39 is 5.82 Å². The Morgan fingerprint density at radius 1 is 1.35 bits per heavy atom. The second-order valence-corrected chi connectivity index (χ2v) is 5.20. The molecule has 1 heterocycles. The van der Waals surface area contributed by atoms with Crippen LogP contribution in [0.2, 0.25) is 4.34 Å². The number of hydrogen-bond acceptors (Lipinski definition) is 2. The number of benzene rings is 1. The van der Waals surface area contributed by atoms with Gasteiger partial charge in [-0.05, 0) is 30.3 Å². The van der Waals surface area contributed by atoms with Crippen molar-refractivity contribution in [2.45, 2.75) is 6.54 Å². The Bertz CT molecular complexity index is 541. The highest BCUT2D eigenvalue weighted by Gasteiger charge is 2.06. The van der Waals surface area contributed by atoms with Crippen molar-refractivity contribution >= 4 is 28.8 Å². The summed E-state index contributed by atoms with van der Waals surface area (Å²) in [6.45, 7) is 0.396. The zero-order valence-corrected chi connectivity index (χ0v) is 10.3. The van der Waals surface area contributed by atoms with E-state index in [1.54, 1.807) is 12.1 Å². The first-order valence-electron chi connectivity index (χ1n) is 4.93. The first kappa shape index (κ1) is 12.1. The van der Waals surface area contributed by atoms with Gasteiger partial charge in [-0.3, -0.25) is 4.79 Å². The molecule has 2 aromatic rings. The Balaban J connectivity index is 1.98. The van der Waals surface area contributed by atoms with Gasteiger partial charge in [0.2, 0.25) is 0 Å². The van der Waals surface area contributed by atoms with E-state index in [9.17, 15) is 9.18 Å². The van der Waals surface area contributed by atoms with Gasteiger partial charge in [-0.2, -0.15) is 0 Å². The molecule has 0 atom stereocenters. The number of thiophene rings is 1. The average molecular weight is 270 g/mol. The fraction of sp³-hybridized carbons (Fsp3) is 0.0833. The van der Waals surface area contributed by atoms with Crippen LogP contribution < -0.4 is 5.32 Å². The summed E-state index contributed by atoms with van der Waals surface area (Å²) in [4.78, 5) is 12.6. The fourth-order valence-electron chi connectivity index (χ4n) is 1.35. The number of nitrogens with one attached hydrogen (secondary N) is 1. The number of amides is 1. The minimum Gasteiger partial charge on any atom is -0.347 e. The Morgan fingerprint density at radius 3 is 2.82 bits per heavy atom. The maximum absolute atomic E-state index is 12.9. The van der Waals surface area contributed by atoms with Crippen LogP contribution in [0.4, 0.5) is 4.39 Å². The normalized spacial score (nSPS) is 10.2. The number of carbonyl (C=O) groups is 1. The van der Waals surface area contributed by atoms with Crippen LogP contribution in [-0.2, 0) is 6.54 Å². The highest BCUT2D eigenvalue weighted by Crippen LogP contribution is 2.21. The third-order valence-electron chi connectivity index (χ3n) is 2.14. The Morgan fingerprint density at radius 2 is 2.18 bits per heavy atom. The van der Waals surface area contributed by atoms with Crippen molar-refractivity contribution < 1.29 is 9.18 Å². The van der Waals surface area contributed by atoms with Crippen LogP contribution >= 0.6 is 22.9 Å². The van der Waals surface area contributed by atoms with Gasteiger partial charge in [0.15, 0.2) is 0 Å². The van der Waals surface area contributed by atoms with Crippen LogP contribution in [0.5, 0.6) is 0 Å². The number of hydrogen-bond donors (Lipinski definition) is 1. The molecule has 88 valence electrons. The molecule has 1 aromatic carbocycles. The molecular formula is C12H9ClFNOS. The van der Waals surface area contributed by atoms with Crippen molar-refractivity contribution in [3.05, 3.63) is 57.0 Å². The minimum absolute atomic E-state index is 0.297. The lowest BCUT2D eigenvalue weighted by molar-refractivity contribution is 0.0951. The van der Waals surface area contributed by atoms with E-state index in [0.717, 1.165) is 4.88 Å². The smallest absolute Gasteiger partial charge is 0.251 e. The highest BCUT2D eigenvalue weighted by atomic mass is 35.5. The van der Waals surface area contributed by atoms with Gasteiger partial charge >= 0.3 is 0 Å². The zero-order chi connectivity index (χ0) is 12.3.